The van der Waals surface area contributed by atoms with Gasteiger partial charge in [-0.25, -0.2) is 4.39 Å². The third-order valence-corrected chi connectivity index (χ3v) is 16.1. The number of rotatable bonds is 12. The number of Topliss-reactive ketones (excluding diaryl/α,β-unsaturated/α-hetero) is 2. The van der Waals surface area contributed by atoms with Gasteiger partial charge in [-0.1, -0.05) is 47.5 Å². The van der Waals surface area contributed by atoms with Gasteiger partial charge in [-0.15, -0.1) is 0 Å². The number of aliphatic hydroxyl groups is 2. The quantitative estimate of drug-likeness (QED) is 0.126. The van der Waals surface area contributed by atoms with Crippen LogP contribution in [-0.4, -0.2) is 73.1 Å². The van der Waals surface area contributed by atoms with Crippen molar-refractivity contribution in [2.45, 2.75) is 110 Å². The van der Waals surface area contributed by atoms with Gasteiger partial charge in [0.05, 0.1) is 35.9 Å². The molecule has 13 heteroatoms. The molecule has 1 fully saturated rings. The van der Waals surface area contributed by atoms with E-state index in [2.05, 4.69) is 21.1 Å². The van der Waals surface area contributed by atoms with Crippen LogP contribution in [0.5, 0.6) is 11.6 Å². The Balaban J connectivity index is 1.80. The Labute approximate surface area is 297 Å². The van der Waals surface area contributed by atoms with E-state index in [1.165, 1.54) is 0 Å². The number of carbonyl (C=O) groups is 2. The number of halogens is 2. The molecule has 0 unspecified atom stereocenters. The molecule has 270 valence electrons. The van der Waals surface area contributed by atoms with Gasteiger partial charge in [0.1, 0.15) is 22.9 Å². The van der Waals surface area contributed by atoms with E-state index in [1.807, 2.05) is 66.7 Å². The van der Waals surface area contributed by atoms with Gasteiger partial charge in [0.2, 0.25) is 11.6 Å². The summed E-state index contributed by atoms with van der Waals surface area (Å²) in [5.41, 5.74) is -1.71. The Bertz CT molecular complexity index is 1660. The Hall–Kier alpha value is -2.58. The topological polar surface area (TPSA) is 132 Å². The number of ketones is 2. The maximum atomic E-state index is 16.2. The summed E-state index contributed by atoms with van der Waals surface area (Å²) in [6.45, 7) is 14.1. The summed E-state index contributed by atoms with van der Waals surface area (Å²) in [6, 6.07) is -0.627. The molecule has 0 bridgehead atoms. The van der Waals surface area contributed by atoms with Crippen molar-refractivity contribution in [3.63, 3.8) is 0 Å². The lowest BCUT2D eigenvalue weighted by molar-refractivity contribution is -0.140. The third kappa shape index (κ3) is 6.00. The number of nitrogens with zero attached hydrogens (tertiary/aromatic N) is 2. The third-order valence-electron chi connectivity index (χ3n) is 10.8. The summed E-state index contributed by atoms with van der Waals surface area (Å²) in [5.74, 6) is -3.30. The summed E-state index contributed by atoms with van der Waals surface area (Å²) in [5, 5.41) is 26.1. The van der Waals surface area contributed by atoms with E-state index in [-0.39, 0.29) is 63.4 Å². The highest BCUT2D eigenvalue weighted by Crippen LogP contribution is 2.59. The van der Waals surface area contributed by atoms with Crippen LogP contribution in [0.15, 0.2) is 14.6 Å². The second-order valence-corrected chi connectivity index (χ2v) is 20.8. The van der Waals surface area contributed by atoms with Crippen molar-refractivity contribution in [2.75, 3.05) is 27.3 Å². The average Bonchev–Trinajstić information content (AvgIpc) is 3.43. The summed E-state index contributed by atoms with van der Waals surface area (Å²) < 4.78 is 41.4. The van der Waals surface area contributed by atoms with Crippen LogP contribution in [0.3, 0.4) is 0 Å². The molecule has 3 aliphatic rings. The fraction of sp³-hybridized carbons (Fsp3) is 0.639. The van der Waals surface area contributed by atoms with Gasteiger partial charge in [0, 0.05) is 22.6 Å². The van der Waals surface area contributed by atoms with Crippen LogP contribution >= 0.6 is 15.9 Å². The predicted molar refractivity (Wildman–Crippen MR) is 189 cm³/mol. The lowest BCUT2D eigenvalue weighted by atomic mass is 9.57. The predicted octanol–water partition coefficient (Wildman–Crippen LogP) is 7.72. The van der Waals surface area contributed by atoms with Gasteiger partial charge < -0.3 is 28.6 Å². The Morgan fingerprint density at radius 1 is 1.08 bits per heavy atom. The van der Waals surface area contributed by atoms with Crippen molar-refractivity contribution in [2.24, 2.45) is 11.8 Å². The number of benzene rings is 1. The molecule has 1 heterocycles. The molecule has 0 spiro atoms. The zero-order valence-corrected chi connectivity index (χ0v) is 32.7. The van der Waals surface area contributed by atoms with Crippen molar-refractivity contribution in [3.8, 4) is 11.6 Å². The van der Waals surface area contributed by atoms with E-state index >= 15 is 14.0 Å². The van der Waals surface area contributed by atoms with Crippen LogP contribution in [-0.2, 0) is 22.2 Å². The molecular formula is C36H50BrFN2O8Si. The van der Waals surface area contributed by atoms with Gasteiger partial charge >= 0.3 is 0 Å². The van der Waals surface area contributed by atoms with Crippen LogP contribution in [0.1, 0.15) is 106 Å². The van der Waals surface area contributed by atoms with Gasteiger partial charge in [-0.05, 0) is 84.9 Å². The number of aromatic nitrogens is 1. The standard InChI is InChI=1S/C36H50BrFN2O8Si/c1-10-12-14-45-30-24-20(27(38)21(18-41)26(30)37)16-19-17-22-28(40(6)7)31-25(34(39-47-31)46-15-13-11-2)33(44)36(22,32(43)23(19)29(24)42)48-49(8,9)35(3,4)5/h19,22,28,41-42H,10-18H2,1-9H3/t19-,22-,28-,36-/m0/s1. The minimum atomic E-state index is -2.90. The number of unbranched alkanes of at least 4 members (excludes halogenated alkanes) is 2. The van der Waals surface area contributed by atoms with Gasteiger partial charge in [-0.3, -0.25) is 14.5 Å². The highest BCUT2D eigenvalue weighted by Gasteiger charge is 2.69. The van der Waals surface area contributed by atoms with E-state index < -0.39 is 66.6 Å². The molecule has 49 heavy (non-hydrogen) atoms. The minimum Gasteiger partial charge on any atom is -0.507 e. The smallest absolute Gasteiger partial charge is 0.265 e. The summed E-state index contributed by atoms with van der Waals surface area (Å²) in [4.78, 5) is 32.5. The first kappa shape index (κ1) is 37.7. The van der Waals surface area contributed by atoms with E-state index in [4.69, 9.17) is 18.4 Å². The molecule has 0 radical (unpaired) electrons. The molecule has 5 rings (SSSR count). The molecule has 1 aromatic heterocycles. The summed E-state index contributed by atoms with van der Waals surface area (Å²) in [7, 11) is 0.789. The van der Waals surface area contributed by atoms with Crippen LogP contribution in [0.2, 0.25) is 18.1 Å². The molecule has 1 saturated carbocycles. The Morgan fingerprint density at radius 2 is 1.71 bits per heavy atom. The van der Waals surface area contributed by atoms with Crippen molar-refractivity contribution < 1.29 is 42.6 Å². The van der Waals surface area contributed by atoms with Crippen LogP contribution in [0.4, 0.5) is 4.39 Å². The first-order valence-electron chi connectivity index (χ1n) is 17.3. The second-order valence-electron chi connectivity index (χ2n) is 15.2. The number of aliphatic hydroxyl groups excluding tert-OH is 2. The zero-order valence-electron chi connectivity index (χ0n) is 30.1. The lowest BCUT2D eigenvalue weighted by Crippen LogP contribution is -2.68. The molecular weight excluding hydrogens is 715 g/mol. The largest absolute Gasteiger partial charge is 0.507 e. The molecule has 4 atom stereocenters. The molecule has 0 aliphatic heterocycles. The van der Waals surface area contributed by atoms with E-state index in [1.54, 1.807) is 0 Å². The Kier molecular flexibility index (Phi) is 10.7. The maximum absolute atomic E-state index is 16.2. The molecule has 10 nitrogen and oxygen atoms in total. The number of fused-ring (bicyclic) bond motifs is 4. The van der Waals surface area contributed by atoms with Crippen LogP contribution < -0.4 is 9.47 Å². The highest BCUT2D eigenvalue weighted by atomic mass is 79.9. The van der Waals surface area contributed by atoms with Crippen LogP contribution in [0, 0.1) is 17.7 Å². The number of ether oxygens (including phenoxy) is 2. The summed E-state index contributed by atoms with van der Waals surface area (Å²) in [6.07, 6.45) is 3.38. The molecule has 1 aromatic carbocycles. The first-order valence-corrected chi connectivity index (χ1v) is 21.0. The second kappa shape index (κ2) is 13.9. The number of carbonyl (C=O) groups excluding carboxylic acids is 2. The minimum absolute atomic E-state index is 0.0140. The lowest BCUT2D eigenvalue weighted by Gasteiger charge is -2.55. The van der Waals surface area contributed by atoms with Gasteiger partial charge in [0.25, 0.3) is 5.88 Å². The SMILES string of the molecule is CCCCOc1noc2c1C(=O)[C@@]1(O[Si](C)(C)C(C)(C)C)C(=O)C3=C(O)c4c(c(F)c(CO)c(Br)c4OCCCC)C[C@H]3C[C@H]1[C@@H]2N(C)C. The average molecular weight is 766 g/mol. The number of hydrogen-bond acceptors (Lipinski definition) is 10. The zero-order chi connectivity index (χ0) is 36.2. The van der Waals surface area contributed by atoms with Crippen molar-refractivity contribution in [1.29, 1.82) is 0 Å². The molecule has 0 amide bonds. The van der Waals surface area contributed by atoms with E-state index in [0.717, 1.165) is 19.3 Å². The normalized spacial score (nSPS) is 23.7. The molecule has 0 saturated heterocycles. The number of hydrogen-bond donors (Lipinski definition) is 2. The summed E-state index contributed by atoms with van der Waals surface area (Å²) >= 11 is 3.41. The van der Waals surface area contributed by atoms with E-state index in [0.29, 0.717) is 18.8 Å². The molecule has 3 aliphatic carbocycles. The first-order chi connectivity index (χ1) is 23.0. The van der Waals surface area contributed by atoms with Crippen molar-refractivity contribution in [3.05, 3.63) is 43.9 Å². The van der Waals surface area contributed by atoms with Crippen molar-refractivity contribution in [1.82, 2.24) is 10.1 Å². The molecule has 2 aromatic rings. The maximum Gasteiger partial charge on any atom is 0.265 e. The fourth-order valence-electron chi connectivity index (χ4n) is 7.24. The van der Waals surface area contributed by atoms with Crippen LogP contribution in [0.25, 0.3) is 5.76 Å². The Morgan fingerprint density at radius 3 is 2.29 bits per heavy atom. The van der Waals surface area contributed by atoms with Gasteiger partial charge in [-0.2, -0.15) is 0 Å². The fourth-order valence-corrected chi connectivity index (χ4v) is 9.30. The highest BCUT2D eigenvalue weighted by molar-refractivity contribution is 9.10. The van der Waals surface area contributed by atoms with Gasteiger partial charge in [0.15, 0.2) is 19.7 Å². The molecule has 2 N–H and O–H groups in total. The van der Waals surface area contributed by atoms with Crippen molar-refractivity contribution >= 4 is 41.6 Å². The monoisotopic (exact) mass is 764 g/mol. The van der Waals surface area contributed by atoms with E-state index in [9.17, 15) is 10.2 Å².